The van der Waals surface area contributed by atoms with Crippen LogP contribution >= 0.6 is 0 Å². The quantitative estimate of drug-likeness (QED) is 0.419. The predicted molar refractivity (Wildman–Crippen MR) is 27.6 cm³/mol. The monoisotopic (exact) mass is 97.1 g/mol. The van der Waals surface area contributed by atoms with Crippen LogP contribution in [-0.4, -0.2) is 19.1 Å². The molecular weight excluding hydrogens is 88.1 g/mol. The molecule has 0 aromatic heterocycles. The smallest absolute Gasteiger partial charge is 0.0281 e. The highest BCUT2D eigenvalue weighted by molar-refractivity contribution is 5.02. The van der Waals surface area contributed by atoms with Crippen molar-refractivity contribution >= 4 is 0 Å². The van der Waals surface area contributed by atoms with E-state index >= 15 is 0 Å². The second-order valence-corrected chi connectivity index (χ2v) is 2.25. The van der Waals surface area contributed by atoms with E-state index in [-0.39, 0.29) is 0 Å². The van der Waals surface area contributed by atoms with Gasteiger partial charge in [0.1, 0.15) is 0 Å². The fourth-order valence-corrected chi connectivity index (χ4v) is 1.17. The van der Waals surface area contributed by atoms with Gasteiger partial charge in [-0.3, -0.25) is 0 Å². The Balaban J connectivity index is 2.03. The zero-order chi connectivity index (χ0) is 4.69. The molecule has 0 aromatic carbocycles. The average Bonchev–Trinajstić information content (AvgIpc) is 1.85. The minimum atomic E-state index is 0.778. The molecule has 0 bridgehead atoms. The molecule has 0 saturated carbocycles. The molecule has 2 saturated heterocycles. The molecule has 2 heteroatoms. The van der Waals surface area contributed by atoms with Gasteiger partial charge in [-0.05, 0) is 0 Å². The third-order valence-electron chi connectivity index (χ3n) is 1.80. The minimum Gasteiger partial charge on any atom is -0.312 e. The molecule has 7 heavy (non-hydrogen) atoms. The summed E-state index contributed by atoms with van der Waals surface area (Å²) in [7, 11) is 0. The predicted octanol–water partition coefficient (Wildman–Crippen LogP) is -0.661. The molecule has 0 amide bonds. The normalized spacial score (nSPS) is 48.0. The topological polar surface area (TPSA) is 24.1 Å². The summed E-state index contributed by atoms with van der Waals surface area (Å²) in [5.74, 6) is 0.847. The number of rotatable bonds is 0. The second-order valence-electron chi connectivity index (χ2n) is 2.25. The van der Waals surface area contributed by atoms with Crippen molar-refractivity contribution in [2.45, 2.75) is 6.04 Å². The summed E-state index contributed by atoms with van der Waals surface area (Å²) in [6.45, 7) is 4.53. The Kier molecular flexibility index (Phi) is 0.664. The van der Waals surface area contributed by atoms with E-state index < -0.39 is 0 Å². The van der Waals surface area contributed by atoms with E-state index in [1.165, 1.54) is 6.54 Å². The molecule has 2 heterocycles. The molecular formula is C5H9N2. The third-order valence-corrected chi connectivity index (χ3v) is 1.80. The maximum absolute atomic E-state index is 3.31. The van der Waals surface area contributed by atoms with Crippen molar-refractivity contribution in [1.82, 2.24) is 10.6 Å². The van der Waals surface area contributed by atoms with Crippen LogP contribution in [0.15, 0.2) is 0 Å². The molecule has 0 aliphatic carbocycles. The summed E-state index contributed by atoms with van der Waals surface area (Å²) >= 11 is 0. The average molecular weight is 97.1 g/mol. The van der Waals surface area contributed by atoms with E-state index in [1.807, 2.05) is 0 Å². The van der Waals surface area contributed by atoms with Crippen LogP contribution in [0, 0.1) is 12.5 Å². The van der Waals surface area contributed by atoms with Crippen LogP contribution in [0.5, 0.6) is 0 Å². The Morgan fingerprint density at radius 3 is 2.71 bits per heavy atom. The lowest BCUT2D eigenvalue weighted by molar-refractivity contribution is 0.315. The lowest BCUT2D eigenvalue weighted by Crippen LogP contribution is -2.51. The highest BCUT2D eigenvalue weighted by atomic mass is 15.1. The highest BCUT2D eigenvalue weighted by Gasteiger charge is 2.34. The molecule has 39 valence electrons. The molecule has 2 rings (SSSR count). The van der Waals surface area contributed by atoms with E-state index in [1.54, 1.807) is 0 Å². The van der Waals surface area contributed by atoms with Crippen molar-refractivity contribution in [2.24, 2.45) is 5.92 Å². The standard InChI is InChI=1S/C5H9N2/c1-4-2-7-5(4)3-6-1/h1,4-7H,2-3H2. The van der Waals surface area contributed by atoms with Gasteiger partial charge in [0.25, 0.3) is 0 Å². The molecule has 2 N–H and O–H groups in total. The first-order valence-electron chi connectivity index (χ1n) is 2.77. The third kappa shape index (κ3) is 0.409. The Hall–Kier alpha value is -0.0800. The summed E-state index contributed by atoms with van der Waals surface area (Å²) in [4.78, 5) is 0. The number of hydrogen-bond acceptors (Lipinski definition) is 2. The van der Waals surface area contributed by atoms with Gasteiger partial charge in [-0.2, -0.15) is 0 Å². The first kappa shape index (κ1) is 3.87. The first-order chi connectivity index (χ1) is 3.47. The Labute approximate surface area is 43.3 Å². The number of hydrogen-bond donors (Lipinski definition) is 2. The lowest BCUT2D eigenvalue weighted by atomic mass is 9.96. The summed E-state index contributed by atoms with van der Waals surface area (Å²) in [6.07, 6.45) is 0. The van der Waals surface area contributed by atoms with Crippen LogP contribution in [0.2, 0.25) is 0 Å². The molecule has 2 unspecified atom stereocenters. The first-order valence-corrected chi connectivity index (χ1v) is 2.77. The summed E-state index contributed by atoms with van der Waals surface area (Å²) < 4.78 is 0. The van der Waals surface area contributed by atoms with Gasteiger partial charge >= 0.3 is 0 Å². The van der Waals surface area contributed by atoms with Gasteiger partial charge in [0, 0.05) is 31.6 Å². The van der Waals surface area contributed by atoms with Gasteiger partial charge in [0.15, 0.2) is 0 Å². The number of nitrogens with one attached hydrogen (secondary N) is 2. The van der Waals surface area contributed by atoms with Gasteiger partial charge in [0.2, 0.25) is 0 Å². The van der Waals surface area contributed by atoms with Crippen LogP contribution in [0.3, 0.4) is 0 Å². The van der Waals surface area contributed by atoms with Crippen molar-refractivity contribution in [3.8, 4) is 0 Å². The fraction of sp³-hybridized carbons (Fsp3) is 0.800. The van der Waals surface area contributed by atoms with E-state index in [0.717, 1.165) is 18.5 Å². The summed E-state index contributed by atoms with van der Waals surface area (Å²) in [6, 6.07) is 0.778. The van der Waals surface area contributed by atoms with E-state index in [2.05, 4.69) is 17.2 Å². The molecule has 2 aliphatic rings. The Morgan fingerprint density at radius 2 is 2.43 bits per heavy atom. The van der Waals surface area contributed by atoms with Crippen molar-refractivity contribution in [3.05, 3.63) is 6.54 Å². The molecule has 2 fully saturated rings. The molecule has 0 aromatic rings. The van der Waals surface area contributed by atoms with Gasteiger partial charge in [-0.15, -0.1) is 0 Å². The van der Waals surface area contributed by atoms with E-state index in [0.29, 0.717) is 0 Å². The summed E-state index contributed by atoms with van der Waals surface area (Å²) in [5, 5.41) is 6.51. The molecule has 2 aliphatic heterocycles. The van der Waals surface area contributed by atoms with Gasteiger partial charge < -0.3 is 10.6 Å². The van der Waals surface area contributed by atoms with Crippen LogP contribution in [0.1, 0.15) is 0 Å². The van der Waals surface area contributed by atoms with Gasteiger partial charge in [-0.1, -0.05) is 0 Å². The SMILES string of the molecule is [CH]1NCC2NCC12. The van der Waals surface area contributed by atoms with Crippen molar-refractivity contribution in [3.63, 3.8) is 0 Å². The Bertz CT molecular complexity index is 72.1. The fourth-order valence-electron chi connectivity index (χ4n) is 1.17. The maximum atomic E-state index is 3.31. The van der Waals surface area contributed by atoms with Crippen molar-refractivity contribution in [2.75, 3.05) is 13.1 Å². The molecule has 2 nitrogen and oxygen atoms in total. The zero-order valence-corrected chi connectivity index (χ0v) is 4.15. The van der Waals surface area contributed by atoms with Crippen LogP contribution in [-0.2, 0) is 0 Å². The van der Waals surface area contributed by atoms with Gasteiger partial charge in [-0.25, -0.2) is 0 Å². The van der Waals surface area contributed by atoms with Crippen molar-refractivity contribution < 1.29 is 0 Å². The second kappa shape index (κ2) is 1.20. The van der Waals surface area contributed by atoms with Crippen LogP contribution in [0.4, 0.5) is 0 Å². The van der Waals surface area contributed by atoms with Crippen molar-refractivity contribution in [1.29, 1.82) is 0 Å². The highest BCUT2D eigenvalue weighted by Crippen LogP contribution is 2.18. The van der Waals surface area contributed by atoms with E-state index in [9.17, 15) is 0 Å². The minimum absolute atomic E-state index is 0.778. The number of fused-ring (bicyclic) bond motifs is 1. The molecule has 1 radical (unpaired) electrons. The van der Waals surface area contributed by atoms with Crippen LogP contribution in [0.25, 0.3) is 0 Å². The van der Waals surface area contributed by atoms with E-state index in [4.69, 9.17) is 0 Å². The summed E-state index contributed by atoms with van der Waals surface area (Å²) in [5.41, 5.74) is 0. The molecule has 2 atom stereocenters. The maximum Gasteiger partial charge on any atom is 0.0281 e. The zero-order valence-electron chi connectivity index (χ0n) is 4.15. The van der Waals surface area contributed by atoms with Gasteiger partial charge in [0.05, 0.1) is 0 Å². The largest absolute Gasteiger partial charge is 0.312 e. The Morgan fingerprint density at radius 1 is 1.43 bits per heavy atom. The molecule has 0 spiro atoms. The van der Waals surface area contributed by atoms with Crippen LogP contribution < -0.4 is 10.6 Å². The lowest BCUT2D eigenvalue weighted by Gasteiger charge is -2.30.